The minimum absolute atomic E-state index is 0.0375. The van der Waals surface area contributed by atoms with Crippen LogP contribution >= 0.6 is 0 Å². The lowest BCUT2D eigenvalue weighted by Crippen LogP contribution is -2.03. The molecule has 36 heavy (non-hydrogen) atoms. The molecule has 0 bridgehead atoms. The third kappa shape index (κ3) is 2.64. The molecule has 0 saturated heterocycles. The van der Waals surface area contributed by atoms with E-state index >= 15 is 0 Å². The maximum atomic E-state index is 8.68. The Morgan fingerprint density at radius 2 is 1.39 bits per heavy atom. The van der Waals surface area contributed by atoms with Gasteiger partial charge in [-0.1, -0.05) is 84.8 Å². The van der Waals surface area contributed by atoms with Crippen LogP contribution in [0.1, 0.15) is 6.85 Å². The zero-order chi connectivity index (χ0) is 28.0. The van der Waals surface area contributed by atoms with Gasteiger partial charge in [0.2, 0.25) is 5.95 Å². The predicted octanol–water partition coefficient (Wildman–Crippen LogP) is 8.29. The second kappa shape index (κ2) is 7.27. The molecule has 0 fully saturated rings. The Labute approximate surface area is 213 Å². The molecule has 0 spiro atoms. The van der Waals surface area contributed by atoms with E-state index in [4.69, 9.17) is 21.2 Å². The third-order valence-corrected chi connectivity index (χ3v) is 6.70. The van der Waals surface area contributed by atoms with Gasteiger partial charge in [0.15, 0.2) is 0 Å². The van der Waals surface area contributed by atoms with Gasteiger partial charge in [0.05, 0.1) is 34.5 Å². The molecule has 0 N–H and O–H groups in total. The van der Waals surface area contributed by atoms with Crippen LogP contribution in [0.5, 0.6) is 0 Å². The van der Waals surface area contributed by atoms with E-state index in [-0.39, 0.29) is 23.3 Å². The molecule has 5 aromatic carbocycles. The van der Waals surface area contributed by atoms with Crippen molar-refractivity contribution in [1.82, 2.24) is 14.5 Å². The molecule has 0 aliphatic heterocycles. The van der Waals surface area contributed by atoms with Gasteiger partial charge in [0, 0.05) is 27.1 Å². The number of para-hydroxylation sites is 3. The van der Waals surface area contributed by atoms with Crippen molar-refractivity contribution in [3.05, 3.63) is 115 Å². The van der Waals surface area contributed by atoms with Crippen molar-refractivity contribution < 1.29 is 11.3 Å². The zero-order valence-electron chi connectivity index (χ0n) is 23.8. The van der Waals surface area contributed by atoms with Crippen molar-refractivity contribution in [3.8, 4) is 17.2 Å². The fourth-order valence-electron chi connectivity index (χ4n) is 5.20. The first-order chi connectivity index (χ1) is 19.9. The first kappa shape index (κ1) is 15.1. The minimum atomic E-state index is -0.445. The molecule has 0 atom stereocenters. The lowest BCUT2D eigenvalue weighted by molar-refractivity contribution is 0.669. The topological polar surface area (TPSA) is 43.9 Å². The molecule has 4 nitrogen and oxygen atoms in total. The number of fused-ring (bicyclic) bond motifs is 8. The number of furan rings is 1. The standard InChI is InChI=1S/C32H19N3O/c1-2-10-20(11-3-1)30-23-13-4-7-15-25(23)33-32(34-30)35-26-16-8-5-12-21(26)22-18-19-28-29(31(22)35)24-14-6-9-17-27(24)36-28/h1-19H/i1D,2D,3D,10D,11D. The van der Waals surface area contributed by atoms with Crippen LogP contribution in [0.25, 0.3) is 71.9 Å². The monoisotopic (exact) mass is 466 g/mol. The number of aromatic nitrogens is 3. The number of rotatable bonds is 2. The second-order valence-electron chi connectivity index (χ2n) is 8.68. The van der Waals surface area contributed by atoms with Crippen LogP contribution in [0.3, 0.4) is 0 Å². The number of hydrogen-bond acceptors (Lipinski definition) is 3. The highest BCUT2D eigenvalue weighted by Gasteiger charge is 2.21. The van der Waals surface area contributed by atoms with Crippen molar-refractivity contribution in [3.63, 3.8) is 0 Å². The van der Waals surface area contributed by atoms with Crippen LogP contribution in [-0.2, 0) is 0 Å². The molecular weight excluding hydrogens is 442 g/mol. The number of hydrogen-bond donors (Lipinski definition) is 0. The molecule has 0 saturated carbocycles. The Bertz CT molecular complexity index is 2360. The van der Waals surface area contributed by atoms with Gasteiger partial charge in [0.25, 0.3) is 0 Å². The van der Waals surface area contributed by atoms with Gasteiger partial charge in [0.1, 0.15) is 11.2 Å². The van der Waals surface area contributed by atoms with Gasteiger partial charge in [-0.25, -0.2) is 9.97 Å². The van der Waals surface area contributed by atoms with E-state index in [1.807, 2.05) is 83.4 Å². The smallest absolute Gasteiger partial charge is 0.235 e. The van der Waals surface area contributed by atoms with Gasteiger partial charge < -0.3 is 4.42 Å². The van der Waals surface area contributed by atoms with Crippen molar-refractivity contribution >= 4 is 54.6 Å². The summed E-state index contributed by atoms with van der Waals surface area (Å²) < 4.78 is 50.2. The molecule has 0 amide bonds. The van der Waals surface area contributed by atoms with Crippen molar-refractivity contribution in [2.75, 3.05) is 0 Å². The quantitative estimate of drug-likeness (QED) is 0.257. The van der Waals surface area contributed by atoms with E-state index in [2.05, 4.69) is 6.07 Å². The zero-order valence-corrected chi connectivity index (χ0v) is 18.8. The maximum absolute atomic E-state index is 8.68. The summed E-state index contributed by atoms with van der Waals surface area (Å²) in [4.78, 5) is 9.94. The van der Waals surface area contributed by atoms with Crippen LogP contribution in [0, 0.1) is 0 Å². The summed E-state index contributed by atoms with van der Waals surface area (Å²) in [6.45, 7) is 0. The van der Waals surface area contributed by atoms with Gasteiger partial charge >= 0.3 is 0 Å². The molecular formula is C32H19N3O. The fraction of sp³-hybridized carbons (Fsp3) is 0. The summed E-state index contributed by atoms with van der Waals surface area (Å²) >= 11 is 0. The molecule has 0 unspecified atom stereocenters. The normalized spacial score (nSPS) is 13.8. The number of benzene rings is 5. The summed E-state index contributed by atoms with van der Waals surface area (Å²) in [7, 11) is 0. The Morgan fingerprint density at radius 1 is 0.639 bits per heavy atom. The van der Waals surface area contributed by atoms with E-state index in [1.165, 1.54) is 0 Å². The average molecular weight is 467 g/mol. The Kier molecular flexibility index (Phi) is 3.05. The van der Waals surface area contributed by atoms with E-state index in [1.54, 1.807) is 0 Å². The highest BCUT2D eigenvalue weighted by molar-refractivity contribution is 6.24. The molecule has 4 heteroatoms. The van der Waals surface area contributed by atoms with Crippen molar-refractivity contribution in [2.24, 2.45) is 0 Å². The maximum Gasteiger partial charge on any atom is 0.235 e. The van der Waals surface area contributed by atoms with Crippen LogP contribution in [0.4, 0.5) is 0 Å². The predicted molar refractivity (Wildman–Crippen MR) is 147 cm³/mol. The Hall–Kier alpha value is -4.96. The molecule has 168 valence electrons. The molecule has 3 aromatic heterocycles. The van der Waals surface area contributed by atoms with Gasteiger partial charge in [-0.2, -0.15) is 0 Å². The van der Waals surface area contributed by atoms with Crippen molar-refractivity contribution in [2.45, 2.75) is 0 Å². The summed E-state index contributed by atoms with van der Waals surface area (Å²) in [5.74, 6) is 0.328. The van der Waals surface area contributed by atoms with E-state index in [0.29, 0.717) is 16.9 Å². The molecule has 0 aliphatic carbocycles. The van der Waals surface area contributed by atoms with E-state index in [9.17, 15) is 0 Å². The molecule has 3 heterocycles. The Balaban J connectivity index is 1.58. The lowest BCUT2D eigenvalue weighted by atomic mass is 10.1. The molecule has 8 rings (SSSR count). The molecule has 0 aliphatic rings. The summed E-state index contributed by atoms with van der Waals surface area (Å²) in [6.07, 6.45) is 0. The van der Waals surface area contributed by atoms with Crippen LogP contribution in [-0.4, -0.2) is 14.5 Å². The van der Waals surface area contributed by atoms with Gasteiger partial charge in [-0.15, -0.1) is 0 Å². The van der Waals surface area contributed by atoms with Crippen LogP contribution in [0.15, 0.2) is 120 Å². The Morgan fingerprint density at radius 3 is 2.28 bits per heavy atom. The third-order valence-electron chi connectivity index (χ3n) is 6.70. The average Bonchev–Trinajstić information content (AvgIpc) is 3.54. The summed E-state index contributed by atoms with van der Waals surface area (Å²) in [6, 6.07) is 25.4. The molecule has 0 radical (unpaired) electrons. The number of nitrogens with zero attached hydrogens (tertiary/aromatic N) is 3. The van der Waals surface area contributed by atoms with E-state index < -0.39 is 18.1 Å². The first-order valence-electron chi connectivity index (χ1n) is 14.1. The van der Waals surface area contributed by atoms with Crippen LogP contribution < -0.4 is 0 Å². The summed E-state index contributed by atoms with van der Waals surface area (Å²) in [5.41, 5.74) is 4.15. The second-order valence-corrected chi connectivity index (χ2v) is 8.68. The first-order valence-corrected chi connectivity index (χ1v) is 11.6. The van der Waals surface area contributed by atoms with E-state index in [0.717, 1.165) is 43.7 Å². The van der Waals surface area contributed by atoms with Gasteiger partial charge in [-0.05, 0) is 30.3 Å². The molecule has 8 aromatic rings. The largest absolute Gasteiger partial charge is 0.456 e. The minimum Gasteiger partial charge on any atom is -0.456 e. The SMILES string of the molecule is [2H]c1c([2H])c([2H])c(-c2nc(-n3c4ccccc4c4ccc5oc6ccccc6c5c43)nc3ccccc23)c([2H])c1[2H]. The fourth-order valence-corrected chi connectivity index (χ4v) is 5.20. The highest BCUT2D eigenvalue weighted by Crippen LogP contribution is 2.40. The summed E-state index contributed by atoms with van der Waals surface area (Å²) in [5, 5.41) is 4.49. The van der Waals surface area contributed by atoms with Crippen LogP contribution in [0.2, 0.25) is 0 Å². The van der Waals surface area contributed by atoms with Crippen molar-refractivity contribution in [1.29, 1.82) is 0 Å². The van der Waals surface area contributed by atoms with Gasteiger partial charge in [-0.3, -0.25) is 4.57 Å². The lowest BCUT2D eigenvalue weighted by Gasteiger charge is -2.12. The highest BCUT2D eigenvalue weighted by atomic mass is 16.3.